The fourth-order valence-corrected chi connectivity index (χ4v) is 4.18. The van der Waals surface area contributed by atoms with E-state index in [0.717, 1.165) is 49.5 Å². The molecular formula is C21H30O4S. The zero-order chi connectivity index (χ0) is 19.4. The smallest absolute Gasteiger partial charge is 0.336 e. The maximum absolute atomic E-state index is 12.0. The van der Waals surface area contributed by atoms with Gasteiger partial charge in [-0.15, -0.1) is 0 Å². The fraction of sp³-hybridized carbons (Fsp3) is 0.571. The van der Waals surface area contributed by atoms with Crippen molar-refractivity contribution in [2.45, 2.75) is 71.0 Å². The van der Waals surface area contributed by atoms with Crippen molar-refractivity contribution in [3.05, 3.63) is 45.8 Å². The summed E-state index contributed by atoms with van der Waals surface area (Å²) in [4.78, 5) is 11.5. The second-order valence-electron chi connectivity index (χ2n) is 8.03. The minimum absolute atomic E-state index is 0.277. The minimum atomic E-state index is -3.00. The molecule has 0 aliphatic heterocycles. The van der Waals surface area contributed by atoms with Crippen LogP contribution in [-0.2, 0) is 16.3 Å². The third kappa shape index (κ3) is 5.44. The van der Waals surface area contributed by atoms with Gasteiger partial charge >= 0.3 is 5.63 Å². The van der Waals surface area contributed by atoms with Gasteiger partial charge in [0.15, 0.2) is 9.84 Å². The molecule has 5 heteroatoms. The second-order valence-corrected chi connectivity index (χ2v) is 10.9. The molecule has 0 unspecified atom stereocenters. The van der Waals surface area contributed by atoms with Gasteiger partial charge < -0.3 is 4.42 Å². The van der Waals surface area contributed by atoms with Crippen molar-refractivity contribution in [2.24, 2.45) is 0 Å². The van der Waals surface area contributed by atoms with Crippen LogP contribution in [0.1, 0.15) is 64.0 Å². The first-order valence-electron chi connectivity index (χ1n) is 9.36. The summed E-state index contributed by atoms with van der Waals surface area (Å²) in [5, 5.41) is 0.980. The van der Waals surface area contributed by atoms with Crippen molar-refractivity contribution >= 4 is 20.8 Å². The third-order valence-corrected chi connectivity index (χ3v) is 7.52. The zero-order valence-electron chi connectivity index (χ0n) is 16.3. The predicted molar refractivity (Wildman–Crippen MR) is 108 cm³/mol. The maximum Gasteiger partial charge on any atom is 0.336 e. The molecule has 1 heterocycles. The Bertz CT molecular complexity index is 902. The molecule has 0 radical (unpaired) electrons. The molecule has 26 heavy (non-hydrogen) atoms. The van der Waals surface area contributed by atoms with Crippen LogP contribution in [0, 0.1) is 6.92 Å². The zero-order valence-corrected chi connectivity index (χ0v) is 17.1. The molecule has 0 aliphatic rings. The van der Waals surface area contributed by atoms with Crippen LogP contribution in [0.4, 0.5) is 0 Å². The number of fused-ring (bicyclic) bond motifs is 1. The molecule has 0 atom stereocenters. The average molecular weight is 379 g/mol. The molecule has 144 valence electrons. The third-order valence-electron chi connectivity index (χ3n) is 4.83. The molecule has 1 aromatic carbocycles. The Labute approximate surface area is 156 Å². The van der Waals surface area contributed by atoms with Crippen LogP contribution in [0.25, 0.3) is 11.0 Å². The lowest BCUT2D eigenvalue weighted by molar-refractivity contribution is 0.552. The van der Waals surface area contributed by atoms with Crippen LogP contribution in [0.2, 0.25) is 0 Å². The van der Waals surface area contributed by atoms with Crippen molar-refractivity contribution in [1.82, 2.24) is 0 Å². The van der Waals surface area contributed by atoms with Crippen LogP contribution >= 0.6 is 0 Å². The lowest BCUT2D eigenvalue weighted by Gasteiger charge is -2.18. The largest absolute Gasteiger partial charge is 0.423 e. The summed E-state index contributed by atoms with van der Waals surface area (Å²) in [6, 6.07) is 7.58. The Morgan fingerprint density at radius 3 is 2.31 bits per heavy atom. The first-order chi connectivity index (χ1) is 12.1. The molecular weight excluding hydrogens is 348 g/mol. The molecule has 1 aromatic heterocycles. The predicted octanol–water partition coefficient (Wildman–Crippen LogP) is 4.81. The summed E-state index contributed by atoms with van der Waals surface area (Å²) < 4.78 is 28.7. The highest BCUT2D eigenvalue weighted by Gasteiger charge is 2.27. The number of sulfone groups is 1. The molecule has 0 N–H and O–H groups in total. The standard InChI is InChI=1S/C21H30O4S/c1-16-14-20(22)25-19-15-17(11-12-18(16)19)10-8-6-5-7-9-13-26(23,24)21(2,3)4/h11-12,14-15H,5-10,13H2,1-4H3. The Kier molecular flexibility index (Phi) is 6.67. The molecule has 2 rings (SSSR count). The van der Waals surface area contributed by atoms with Gasteiger partial charge in [-0.2, -0.15) is 0 Å². The van der Waals surface area contributed by atoms with E-state index in [1.54, 1.807) is 20.8 Å². The highest BCUT2D eigenvalue weighted by molar-refractivity contribution is 7.92. The average Bonchev–Trinajstić information content (AvgIpc) is 2.52. The summed E-state index contributed by atoms with van der Waals surface area (Å²) in [6.45, 7) is 7.19. The molecule has 0 saturated carbocycles. The molecule has 0 fully saturated rings. The van der Waals surface area contributed by atoms with Crippen molar-refractivity contribution in [3.63, 3.8) is 0 Å². The number of unbranched alkanes of at least 4 members (excludes halogenated alkanes) is 4. The van der Waals surface area contributed by atoms with Crippen molar-refractivity contribution in [3.8, 4) is 0 Å². The molecule has 0 bridgehead atoms. The van der Waals surface area contributed by atoms with E-state index in [0.29, 0.717) is 5.58 Å². The van der Waals surface area contributed by atoms with E-state index in [-0.39, 0.29) is 11.4 Å². The molecule has 2 aromatic rings. The monoisotopic (exact) mass is 378 g/mol. The normalized spacial score (nSPS) is 12.6. The van der Waals surface area contributed by atoms with E-state index < -0.39 is 14.6 Å². The van der Waals surface area contributed by atoms with Crippen molar-refractivity contribution in [2.75, 3.05) is 5.75 Å². The summed E-state index contributed by atoms with van der Waals surface area (Å²) in [5.41, 5.74) is 2.45. The number of aryl methyl sites for hydroxylation is 2. The van der Waals surface area contributed by atoms with Crippen molar-refractivity contribution < 1.29 is 12.8 Å². The first-order valence-corrected chi connectivity index (χ1v) is 11.0. The number of rotatable bonds is 8. The maximum atomic E-state index is 12.0. The number of hydrogen-bond donors (Lipinski definition) is 0. The van der Waals surface area contributed by atoms with Gasteiger partial charge in [0.2, 0.25) is 0 Å². The van der Waals surface area contributed by atoms with Gasteiger partial charge in [-0.05, 0) is 64.2 Å². The molecule has 0 spiro atoms. The quantitative estimate of drug-likeness (QED) is 0.488. The number of benzene rings is 1. The van der Waals surface area contributed by atoms with Gasteiger partial charge in [-0.3, -0.25) is 0 Å². The van der Waals surface area contributed by atoms with Crippen LogP contribution in [0.3, 0.4) is 0 Å². The topological polar surface area (TPSA) is 64.3 Å². The minimum Gasteiger partial charge on any atom is -0.423 e. The van der Waals surface area contributed by atoms with E-state index in [9.17, 15) is 13.2 Å². The second kappa shape index (κ2) is 8.38. The van der Waals surface area contributed by atoms with Crippen LogP contribution in [-0.4, -0.2) is 18.9 Å². The Hall–Kier alpha value is -1.62. The van der Waals surface area contributed by atoms with Gasteiger partial charge in [-0.25, -0.2) is 13.2 Å². The summed E-state index contributed by atoms with van der Waals surface area (Å²) in [6.07, 6.45) is 5.79. The first kappa shape index (κ1) is 20.7. The van der Waals surface area contributed by atoms with Crippen LogP contribution in [0.15, 0.2) is 33.5 Å². The summed E-state index contributed by atoms with van der Waals surface area (Å²) in [5.74, 6) is 0.277. The lowest BCUT2D eigenvalue weighted by atomic mass is 10.0. The highest BCUT2D eigenvalue weighted by Crippen LogP contribution is 2.20. The Morgan fingerprint density at radius 1 is 0.962 bits per heavy atom. The summed E-state index contributed by atoms with van der Waals surface area (Å²) in [7, 11) is -3.00. The molecule has 0 aliphatic carbocycles. The van der Waals surface area contributed by atoms with Crippen molar-refractivity contribution in [1.29, 1.82) is 0 Å². The van der Waals surface area contributed by atoms with Crippen LogP contribution in [0.5, 0.6) is 0 Å². The van der Waals surface area contributed by atoms with Gasteiger partial charge in [0.1, 0.15) is 5.58 Å². The van der Waals surface area contributed by atoms with Gasteiger partial charge in [0, 0.05) is 11.5 Å². The fourth-order valence-electron chi connectivity index (χ4n) is 2.98. The van der Waals surface area contributed by atoms with E-state index in [1.807, 2.05) is 19.1 Å². The molecule has 0 amide bonds. The van der Waals surface area contributed by atoms with E-state index >= 15 is 0 Å². The molecule has 4 nitrogen and oxygen atoms in total. The summed E-state index contributed by atoms with van der Waals surface area (Å²) >= 11 is 0. The van der Waals surface area contributed by atoms with Gasteiger partial charge in [0.25, 0.3) is 0 Å². The Morgan fingerprint density at radius 2 is 1.62 bits per heavy atom. The SMILES string of the molecule is Cc1cc(=O)oc2cc(CCCCCCCS(=O)(=O)C(C)(C)C)ccc12. The van der Waals surface area contributed by atoms with E-state index in [1.165, 1.54) is 11.6 Å². The molecule has 0 saturated heterocycles. The van der Waals surface area contributed by atoms with Gasteiger partial charge in [-0.1, -0.05) is 31.4 Å². The lowest BCUT2D eigenvalue weighted by Crippen LogP contribution is -2.30. The van der Waals surface area contributed by atoms with Crippen LogP contribution < -0.4 is 5.63 Å². The van der Waals surface area contributed by atoms with E-state index in [4.69, 9.17) is 4.42 Å². The Balaban J connectivity index is 1.75. The highest BCUT2D eigenvalue weighted by atomic mass is 32.2. The number of hydrogen-bond acceptors (Lipinski definition) is 4. The van der Waals surface area contributed by atoms with E-state index in [2.05, 4.69) is 6.07 Å². The van der Waals surface area contributed by atoms with Gasteiger partial charge in [0.05, 0.1) is 10.5 Å².